The Morgan fingerprint density at radius 3 is 2.52 bits per heavy atom. The van der Waals surface area contributed by atoms with Crippen LogP contribution in [0.5, 0.6) is 11.5 Å². The molecular formula is C18H16O5. The van der Waals surface area contributed by atoms with E-state index in [4.69, 9.17) is 4.74 Å². The van der Waals surface area contributed by atoms with Crippen LogP contribution in [0.3, 0.4) is 0 Å². The SMILES string of the molecule is COC(=O)COc1ccc(C(=O)C=Cc2cccc(O)c2)cc1. The van der Waals surface area contributed by atoms with E-state index in [1.807, 2.05) is 0 Å². The van der Waals surface area contributed by atoms with Crippen molar-refractivity contribution in [2.24, 2.45) is 0 Å². The highest BCUT2D eigenvalue weighted by Crippen LogP contribution is 2.15. The lowest BCUT2D eigenvalue weighted by atomic mass is 10.1. The molecule has 0 spiro atoms. The Balaban J connectivity index is 1.98. The number of benzene rings is 2. The van der Waals surface area contributed by atoms with Crippen molar-refractivity contribution in [3.05, 3.63) is 65.7 Å². The number of phenols is 1. The lowest BCUT2D eigenvalue weighted by molar-refractivity contribution is -0.142. The topological polar surface area (TPSA) is 72.8 Å². The average Bonchev–Trinajstić information content (AvgIpc) is 2.58. The zero-order chi connectivity index (χ0) is 16.7. The summed E-state index contributed by atoms with van der Waals surface area (Å²) in [4.78, 5) is 23.0. The van der Waals surface area contributed by atoms with Gasteiger partial charge in [-0.2, -0.15) is 0 Å². The van der Waals surface area contributed by atoms with Crippen molar-refractivity contribution in [3.8, 4) is 11.5 Å². The minimum Gasteiger partial charge on any atom is -0.508 e. The number of hydrogen-bond donors (Lipinski definition) is 1. The van der Waals surface area contributed by atoms with Gasteiger partial charge < -0.3 is 14.6 Å². The molecule has 0 saturated heterocycles. The Bertz CT molecular complexity index is 716. The molecule has 0 atom stereocenters. The van der Waals surface area contributed by atoms with Gasteiger partial charge in [0.1, 0.15) is 11.5 Å². The van der Waals surface area contributed by atoms with E-state index in [0.717, 1.165) is 5.56 Å². The van der Waals surface area contributed by atoms with E-state index in [1.165, 1.54) is 13.2 Å². The first kappa shape index (κ1) is 16.3. The van der Waals surface area contributed by atoms with Gasteiger partial charge in [-0.15, -0.1) is 0 Å². The number of esters is 1. The lowest BCUT2D eigenvalue weighted by Gasteiger charge is -2.05. The Labute approximate surface area is 133 Å². The summed E-state index contributed by atoms with van der Waals surface area (Å²) >= 11 is 0. The fraction of sp³-hybridized carbons (Fsp3) is 0.111. The second-order valence-corrected chi connectivity index (χ2v) is 4.68. The van der Waals surface area contributed by atoms with Crippen LogP contribution < -0.4 is 4.74 Å². The Morgan fingerprint density at radius 2 is 1.87 bits per heavy atom. The summed E-state index contributed by atoms with van der Waals surface area (Å²) < 4.78 is 9.68. The van der Waals surface area contributed by atoms with E-state index in [0.29, 0.717) is 11.3 Å². The highest BCUT2D eigenvalue weighted by molar-refractivity contribution is 6.06. The molecule has 118 valence electrons. The van der Waals surface area contributed by atoms with Crippen LogP contribution in [0.4, 0.5) is 0 Å². The molecule has 0 amide bonds. The normalized spacial score (nSPS) is 10.5. The van der Waals surface area contributed by atoms with E-state index in [2.05, 4.69) is 4.74 Å². The van der Waals surface area contributed by atoms with E-state index < -0.39 is 5.97 Å². The van der Waals surface area contributed by atoms with Crippen molar-refractivity contribution < 1.29 is 24.2 Å². The summed E-state index contributed by atoms with van der Waals surface area (Å²) in [6, 6.07) is 13.1. The number of aromatic hydroxyl groups is 1. The highest BCUT2D eigenvalue weighted by atomic mass is 16.6. The first-order valence-electron chi connectivity index (χ1n) is 6.89. The van der Waals surface area contributed by atoms with Gasteiger partial charge in [-0.3, -0.25) is 4.79 Å². The average molecular weight is 312 g/mol. The number of rotatable bonds is 6. The van der Waals surface area contributed by atoms with Crippen LogP contribution in [0, 0.1) is 0 Å². The molecule has 0 heterocycles. The molecule has 1 N–H and O–H groups in total. The minimum absolute atomic E-state index is 0.145. The molecule has 0 aliphatic carbocycles. The molecule has 0 aliphatic rings. The number of hydrogen-bond acceptors (Lipinski definition) is 5. The predicted octanol–water partition coefficient (Wildman–Crippen LogP) is 2.84. The van der Waals surface area contributed by atoms with E-state index in [9.17, 15) is 14.7 Å². The minimum atomic E-state index is -0.473. The van der Waals surface area contributed by atoms with Crippen molar-refractivity contribution in [2.75, 3.05) is 13.7 Å². The lowest BCUT2D eigenvalue weighted by Crippen LogP contribution is -2.12. The fourth-order valence-electron chi connectivity index (χ4n) is 1.81. The molecule has 0 saturated carbocycles. The van der Waals surface area contributed by atoms with Gasteiger partial charge in [0.05, 0.1) is 7.11 Å². The van der Waals surface area contributed by atoms with Crippen molar-refractivity contribution in [1.29, 1.82) is 0 Å². The number of methoxy groups -OCH3 is 1. The molecule has 0 unspecified atom stereocenters. The summed E-state index contributed by atoms with van der Waals surface area (Å²) in [5.41, 5.74) is 1.23. The highest BCUT2D eigenvalue weighted by Gasteiger charge is 2.04. The molecule has 5 nitrogen and oxygen atoms in total. The number of carbonyl (C=O) groups is 2. The molecular weight excluding hydrogens is 296 g/mol. The zero-order valence-electron chi connectivity index (χ0n) is 12.6. The van der Waals surface area contributed by atoms with Crippen molar-refractivity contribution in [2.45, 2.75) is 0 Å². The Kier molecular flexibility index (Phi) is 5.52. The largest absolute Gasteiger partial charge is 0.508 e. The van der Waals surface area contributed by atoms with Gasteiger partial charge in [0, 0.05) is 5.56 Å². The van der Waals surface area contributed by atoms with Crippen LogP contribution in [-0.4, -0.2) is 30.6 Å². The van der Waals surface area contributed by atoms with Gasteiger partial charge in [-0.05, 0) is 48.0 Å². The maximum absolute atomic E-state index is 12.1. The molecule has 0 radical (unpaired) electrons. The summed E-state index contributed by atoms with van der Waals surface area (Å²) in [7, 11) is 1.28. The molecule has 2 aromatic rings. The standard InChI is InChI=1S/C18H16O5/c1-22-18(21)12-23-16-8-6-14(7-9-16)17(20)10-5-13-3-2-4-15(19)11-13/h2-11,19H,12H2,1H3. The number of ketones is 1. The molecule has 0 fully saturated rings. The number of carbonyl (C=O) groups excluding carboxylic acids is 2. The second-order valence-electron chi connectivity index (χ2n) is 4.68. The molecule has 0 bridgehead atoms. The van der Waals surface area contributed by atoms with Crippen LogP contribution in [0.25, 0.3) is 6.08 Å². The van der Waals surface area contributed by atoms with E-state index in [-0.39, 0.29) is 18.1 Å². The smallest absolute Gasteiger partial charge is 0.343 e. The predicted molar refractivity (Wildman–Crippen MR) is 85.4 cm³/mol. The number of ether oxygens (including phenoxy) is 2. The van der Waals surface area contributed by atoms with Gasteiger partial charge in [0.25, 0.3) is 0 Å². The number of phenolic OH excluding ortho intramolecular Hbond substituents is 1. The van der Waals surface area contributed by atoms with Gasteiger partial charge in [0.2, 0.25) is 0 Å². The monoisotopic (exact) mass is 312 g/mol. The maximum Gasteiger partial charge on any atom is 0.343 e. The van der Waals surface area contributed by atoms with Gasteiger partial charge in [-0.25, -0.2) is 4.79 Å². The van der Waals surface area contributed by atoms with Crippen LogP contribution in [0.2, 0.25) is 0 Å². The fourth-order valence-corrected chi connectivity index (χ4v) is 1.81. The zero-order valence-corrected chi connectivity index (χ0v) is 12.6. The van der Waals surface area contributed by atoms with E-state index >= 15 is 0 Å². The van der Waals surface area contributed by atoms with Crippen molar-refractivity contribution >= 4 is 17.8 Å². The molecule has 23 heavy (non-hydrogen) atoms. The van der Waals surface area contributed by atoms with Crippen molar-refractivity contribution in [3.63, 3.8) is 0 Å². The summed E-state index contributed by atoms with van der Waals surface area (Å²) in [5.74, 6) is -0.0253. The third kappa shape index (κ3) is 5.00. The molecule has 5 heteroatoms. The Hall–Kier alpha value is -3.08. The van der Waals surface area contributed by atoms with Crippen LogP contribution in [0.1, 0.15) is 15.9 Å². The van der Waals surface area contributed by atoms with Gasteiger partial charge in [-0.1, -0.05) is 18.2 Å². The molecule has 0 aromatic heterocycles. The van der Waals surface area contributed by atoms with Crippen LogP contribution >= 0.6 is 0 Å². The quantitative estimate of drug-likeness (QED) is 0.504. The summed E-state index contributed by atoms with van der Waals surface area (Å²) in [5, 5.41) is 9.37. The Morgan fingerprint density at radius 1 is 1.13 bits per heavy atom. The van der Waals surface area contributed by atoms with E-state index in [1.54, 1.807) is 54.6 Å². The van der Waals surface area contributed by atoms with Gasteiger partial charge >= 0.3 is 5.97 Å². The summed E-state index contributed by atoms with van der Waals surface area (Å²) in [6.45, 7) is -0.179. The third-order valence-corrected chi connectivity index (χ3v) is 3.02. The first-order chi connectivity index (χ1) is 11.1. The van der Waals surface area contributed by atoms with Crippen molar-refractivity contribution in [1.82, 2.24) is 0 Å². The summed E-state index contributed by atoms with van der Waals surface area (Å²) in [6.07, 6.45) is 3.06. The maximum atomic E-state index is 12.1. The first-order valence-corrected chi connectivity index (χ1v) is 6.89. The van der Waals surface area contributed by atoms with Gasteiger partial charge in [0.15, 0.2) is 12.4 Å². The molecule has 2 rings (SSSR count). The van der Waals surface area contributed by atoms with Crippen LogP contribution in [0.15, 0.2) is 54.6 Å². The van der Waals surface area contributed by atoms with Crippen LogP contribution in [-0.2, 0) is 9.53 Å². The number of allylic oxidation sites excluding steroid dienone is 1. The molecule has 0 aliphatic heterocycles. The molecule has 2 aromatic carbocycles. The third-order valence-electron chi connectivity index (χ3n) is 3.02. The second kappa shape index (κ2) is 7.79.